The van der Waals surface area contributed by atoms with Crippen LogP contribution in [0.25, 0.3) is 0 Å². The molecule has 0 atom stereocenters. The standard InChI is InChI=1S/C12H10N2O2/c13-8-9-5-6-11(14)10(7-9)3-1-2-4-12(15)16/h5-7H,2,4,14H2,(H,15,16). The highest BCUT2D eigenvalue weighted by molar-refractivity contribution is 5.67. The van der Waals surface area contributed by atoms with Gasteiger partial charge in [-0.15, -0.1) is 0 Å². The van der Waals surface area contributed by atoms with Crippen LogP contribution in [0.3, 0.4) is 0 Å². The fourth-order valence-corrected chi connectivity index (χ4v) is 1.06. The molecule has 1 aromatic carbocycles. The smallest absolute Gasteiger partial charge is 0.304 e. The van der Waals surface area contributed by atoms with E-state index in [1.165, 1.54) is 0 Å². The molecule has 0 fully saturated rings. The number of carboxylic acid groups (broad SMARTS) is 1. The molecule has 0 aliphatic heterocycles. The van der Waals surface area contributed by atoms with Crippen LogP contribution in [0.2, 0.25) is 0 Å². The van der Waals surface area contributed by atoms with Crippen molar-refractivity contribution in [3.63, 3.8) is 0 Å². The number of carbonyl (C=O) groups is 1. The van der Waals surface area contributed by atoms with E-state index in [0.717, 1.165) is 0 Å². The van der Waals surface area contributed by atoms with Gasteiger partial charge in [-0.25, -0.2) is 0 Å². The SMILES string of the molecule is N#Cc1ccc(N)c(C#CCCC(=O)O)c1. The molecule has 0 unspecified atom stereocenters. The predicted molar refractivity (Wildman–Crippen MR) is 59.3 cm³/mol. The lowest BCUT2D eigenvalue weighted by atomic mass is 10.1. The summed E-state index contributed by atoms with van der Waals surface area (Å²) >= 11 is 0. The third kappa shape index (κ3) is 3.36. The minimum Gasteiger partial charge on any atom is -0.481 e. The third-order valence-corrected chi connectivity index (χ3v) is 1.87. The van der Waals surface area contributed by atoms with Crippen molar-refractivity contribution in [1.29, 1.82) is 5.26 Å². The normalized spacial score (nSPS) is 8.69. The van der Waals surface area contributed by atoms with Crippen LogP contribution in [0.15, 0.2) is 18.2 Å². The summed E-state index contributed by atoms with van der Waals surface area (Å²) in [6.45, 7) is 0. The van der Waals surface area contributed by atoms with Gasteiger partial charge in [0.05, 0.1) is 18.1 Å². The Morgan fingerprint density at radius 2 is 2.25 bits per heavy atom. The van der Waals surface area contributed by atoms with Crippen LogP contribution in [0, 0.1) is 23.2 Å². The van der Waals surface area contributed by atoms with Gasteiger partial charge >= 0.3 is 5.97 Å². The lowest BCUT2D eigenvalue weighted by Gasteiger charge is -1.97. The third-order valence-electron chi connectivity index (χ3n) is 1.87. The van der Waals surface area contributed by atoms with E-state index < -0.39 is 5.97 Å². The zero-order chi connectivity index (χ0) is 12.0. The Bertz CT molecular complexity index is 504. The van der Waals surface area contributed by atoms with Crippen LogP contribution < -0.4 is 5.73 Å². The zero-order valence-electron chi connectivity index (χ0n) is 8.53. The molecule has 1 rings (SSSR count). The van der Waals surface area contributed by atoms with E-state index in [4.69, 9.17) is 16.1 Å². The lowest BCUT2D eigenvalue weighted by molar-refractivity contribution is -0.136. The van der Waals surface area contributed by atoms with Gasteiger partial charge in [0.2, 0.25) is 0 Å². The van der Waals surface area contributed by atoms with Crippen LogP contribution in [0.4, 0.5) is 5.69 Å². The first-order valence-electron chi connectivity index (χ1n) is 4.64. The maximum Gasteiger partial charge on any atom is 0.304 e. The van der Waals surface area contributed by atoms with Crippen LogP contribution >= 0.6 is 0 Å². The fourth-order valence-electron chi connectivity index (χ4n) is 1.06. The molecule has 0 amide bonds. The van der Waals surface area contributed by atoms with Crippen molar-refractivity contribution < 1.29 is 9.90 Å². The number of nitrogens with zero attached hydrogens (tertiary/aromatic N) is 1. The maximum atomic E-state index is 10.2. The van der Waals surface area contributed by atoms with E-state index in [-0.39, 0.29) is 12.8 Å². The molecule has 0 saturated carbocycles. The van der Waals surface area contributed by atoms with E-state index in [9.17, 15) is 4.79 Å². The summed E-state index contributed by atoms with van der Waals surface area (Å²) in [6, 6.07) is 6.79. The highest BCUT2D eigenvalue weighted by Crippen LogP contribution is 2.12. The van der Waals surface area contributed by atoms with Gasteiger partial charge in [0.25, 0.3) is 0 Å². The second-order valence-corrected chi connectivity index (χ2v) is 3.11. The van der Waals surface area contributed by atoms with Crippen LogP contribution in [-0.4, -0.2) is 11.1 Å². The molecular weight excluding hydrogens is 204 g/mol. The van der Waals surface area contributed by atoms with Crippen molar-refractivity contribution in [1.82, 2.24) is 0 Å². The number of carboxylic acids is 1. The lowest BCUT2D eigenvalue weighted by Crippen LogP contribution is -1.93. The Morgan fingerprint density at radius 3 is 2.88 bits per heavy atom. The zero-order valence-corrected chi connectivity index (χ0v) is 8.53. The van der Waals surface area contributed by atoms with Crippen molar-refractivity contribution in [2.24, 2.45) is 0 Å². The number of nitrogens with two attached hydrogens (primary N) is 1. The monoisotopic (exact) mass is 214 g/mol. The molecule has 0 aliphatic rings. The molecule has 0 heterocycles. The van der Waals surface area contributed by atoms with Gasteiger partial charge in [-0.3, -0.25) is 4.79 Å². The van der Waals surface area contributed by atoms with Gasteiger partial charge in [-0.05, 0) is 18.2 Å². The summed E-state index contributed by atoms with van der Waals surface area (Å²) in [6.07, 6.45) is 0.274. The molecule has 1 aromatic rings. The fraction of sp³-hybridized carbons (Fsp3) is 0.167. The second kappa shape index (κ2) is 5.43. The first kappa shape index (κ1) is 11.6. The second-order valence-electron chi connectivity index (χ2n) is 3.11. The topological polar surface area (TPSA) is 87.1 Å². The van der Waals surface area contributed by atoms with Crippen molar-refractivity contribution >= 4 is 11.7 Å². The molecule has 0 spiro atoms. The molecular formula is C12H10N2O2. The Morgan fingerprint density at radius 1 is 1.50 bits per heavy atom. The molecule has 0 bridgehead atoms. The summed E-state index contributed by atoms with van der Waals surface area (Å²) in [5, 5.41) is 17.1. The summed E-state index contributed by atoms with van der Waals surface area (Å²) in [7, 11) is 0. The van der Waals surface area contributed by atoms with E-state index >= 15 is 0 Å². The highest BCUT2D eigenvalue weighted by atomic mass is 16.4. The number of rotatable bonds is 2. The van der Waals surface area contributed by atoms with Gasteiger partial charge in [-0.1, -0.05) is 11.8 Å². The number of hydrogen-bond acceptors (Lipinski definition) is 3. The summed E-state index contributed by atoms with van der Waals surface area (Å²) in [4.78, 5) is 10.2. The largest absolute Gasteiger partial charge is 0.481 e. The summed E-state index contributed by atoms with van der Waals surface area (Å²) < 4.78 is 0. The molecule has 80 valence electrons. The number of hydrogen-bond donors (Lipinski definition) is 2. The molecule has 16 heavy (non-hydrogen) atoms. The van der Waals surface area contributed by atoms with Gasteiger partial charge in [-0.2, -0.15) is 5.26 Å². The number of nitrogen functional groups attached to an aromatic ring is 1. The van der Waals surface area contributed by atoms with Gasteiger partial charge in [0.15, 0.2) is 0 Å². The number of aliphatic carboxylic acids is 1. The Hall–Kier alpha value is -2.46. The quantitative estimate of drug-likeness (QED) is 0.574. The van der Waals surface area contributed by atoms with Gasteiger partial charge < -0.3 is 10.8 Å². The molecule has 0 saturated heterocycles. The molecule has 4 nitrogen and oxygen atoms in total. The molecule has 0 aromatic heterocycles. The molecule has 0 radical (unpaired) electrons. The van der Waals surface area contributed by atoms with E-state index in [1.54, 1.807) is 18.2 Å². The Kier molecular flexibility index (Phi) is 3.94. The average molecular weight is 214 g/mol. The molecule has 0 aliphatic carbocycles. The minimum atomic E-state index is -0.881. The molecule has 3 N–H and O–H groups in total. The van der Waals surface area contributed by atoms with Gasteiger partial charge in [0.1, 0.15) is 0 Å². The van der Waals surface area contributed by atoms with E-state index in [2.05, 4.69) is 11.8 Å². The van der Waals surface area contributed by atoms with Crippen LogP contribution in [0.5, 0.6) is 0 Å². The highest BCUT2D eigenvalue weighted by Gasteiger charge is 1.97. The minimum absolute atomic E-state index is 0.00481. The Labute approximate surface area is 93.3 Å². The number of anilines is 1. The van der Waals surface area contributed by atoms with Gasteiger partial charge in [0, 0.05) is 17.7 Å². The summed E-state index contributed by atoms with van der Waals surface area (Å²) in [5.41, 5.74) is 7.19. The van der Waals surface area contributed by atoms with Crippen molar-refractivity contribution in [3.8, 4) is 17.9 Å². The number of benzene rings is 1. The van der Waals surface area contributed by atoms with Crippen molar-refractivity contribution in [2.45, 2.75) is 12.8 Å². The van der Waals surface area contributed by atoms with Crippen LogP contribution in [-0.2, 0) is 4.79 Å². The average Bonchev–Trinajstić information content (AvgIpc) is 2.26. The molecule has 4 heteroatoms. The van der Waals surface area contributed by atoms with Crippen molar-refractivity contribution in [2.75, 3.05) is 5.73 Å². The van der Waals surface area contributed by atoms with E-state index in [0.29, 0.717) is 16.8 Å². The summed E-state index contributed by atoms with van der Waals surface area (Å²) in [5.74, 6) is 4.58. The first-order valence-corrected chi connectivity index (χ1v) is 4.64. The Balaban J connectivity index is 2.80. The van der Waals surface area contributed by atoms with Crippen LogP contribution in [0.1, 0.15) is 24.0 Å². The first-order chi connectivity index (χ1) is 7.63. The van der Waals surface area contributed by atoms with E-state index in [1.807, 2.05) is 6.07 Å². The maximum absolute atomic E-state index is 10.2. The van der Waals surface area contributed by atoms with Crippen molar-refractivity contribution in [3.05, 3.63) is 29.3 Å². The number of nitriles is 1. The predicted octanol–water partition coefficient (Wildman–Crippen LogP) is 1.36.